The van der Waals surface area contributed by atoms with Gasteiger partial charge in [0.1, 0.15) is 0 Å². The van der Waals surface area contributed by atoms with Crippen molar-refractivity contribution >= 4 is 5.97 Å². The minimum atomic E-state index is -0.876. The van der Waals surface area contributed by atoms with E-state index in [0.29, 0.717) is 12.8 Å². The highest BCUT2D eigenvalue weighted by molar-refractivity contribution is 5.70. The summed E-state index contributed by atoms with van der Waals surface area (Å²) in [6.45, 7) is 3.96. The molecule has 0 aliphatic rings. The van der Waals surface area contributed by atoms with Gasteiger partial charge in [-0.15, -0.1) is 0 Å². The second-order valence-electron chi connectivity index (χ2n) is 4.12. The number of carboxylic acid groups (broad SMARTS) is 1. The first-order valence-electron chi connectivity index (χ1n) is 6.04. The Balaban J connectivity index is 3.62. The monoisotopic (exact) mass is 216 g/mol. The van der Waals surface area contributed by atoms with E-state index in [-0.39, 0.29) is 0 Å². The topological polar surface area (TPSA) is 57.5 Å². The number of aliphatic hydroxyl groups excluding tert-OH is 1. The summed E-state index contributed by atoms with van der Waals surface area (Å²) in [6.07, 6.45) is 6.11. The lowest BCUT2D eigenvalue weighted by atomic mass is 9.95. The molecule has 0 radical (unpaired) electrons. The van der Waals surface area contributed by atoms with Crippen molar-refractivity contribution < 1.29 is 15.0 Å². The van der Waals surface area contributed by atoms with Gasteiger partial charge in [-0.3, -0.25) is 4.79 Å². The zero-order chi connectivity index (χ0) is 11.7. The first-order chi connectivity index (χ1) is 7.13. The van der Waals surface area contributed by atoms with Crippen molar-refractivity contribution in [1.82, 2.24) is 0 Å². The number of rotatable bonds is 9. The number of aliphatic hydroxyl groups is 1. The van der Waals surface area contributed by atoms with Crippen LogP contribution in [0.1, 0.15) is 58.8 Å². The number of hydrogen-bond donors (Lipinski definition) is 2. The molecule has 0 rings (SSSR count). The minimum absolute atomic E-state index is 0.505. The van der Waals surface area contributed by atoms with Gasteiger partial charge in [0, 0.05) is 0 Å². The van der Waals surface area contributed by atoms with E-state index in [9.17, 15) is 9.90 Å². The van der Waals surface area contributed by atoms with Gasteiger partial charge in [-0.05, 0) is 12.8 Å². The summed E-state index contributed by atoms with van der Waals surface area (Å²) in [7, 11) is 0. The molecular formula is C12H24O3. The van der Waals surface area contributed by atoms with E-state index in [2.05, 4.69) is 6.92 Å². The van der Waals surface area contributed by atoms with Crippen molar-refractivity contribution in [2.24, 2.45) is 5.92 Å². The molecule has 0 bridgehead atoms. The summed E-state index contributed by atoms with van der Waals surface area (Å²) < 4.78 is 0. The fourth-order valence-corrected chi connectivity index (χ4v) is 1.77. The third-order valence-corrected chi connectivity index (χ3v) is 2.82. The number of carbonyl (C=O) groups is 1. The van der Waals surface area contributed by atoms with E-state index < -0.39 is 18.0 Å². The van der Waals surface area contributed by atoms with Crippen LogP contribution in [0.4, 0.5) is 0 Å². The second kappa shape index (κ2) is 8.72. The molecule has 0 aromatic heterocycles. The molecule has 2 unspecified atom stereocenters. The Morgan fingerprint density at radius 3 is 2.20 bits per heavy atom. The summed E-state index contributed by atoms with van der Waals surface area (Å²) in [5.41, 5.74) is 0. The molecule has 90 valence electrons. The van der Waals surface area contributed by atoms with Gasteiger partial charge in [-0.2, -0.15) is 0 Å². The van der Waals surface area contributed by atoms with Gasteiger partial charge in [0.25, 0.3) is 0 Å². The van der Waals surface area contributed by atoms with Crippen LogP contribution in [-0.4, -0.2) is 22.3 Å². The number of unbranched alkanes of at least 4 members (excludes halogenated alkanes) is 4. The van der Waals surface area contributed by atoms with Crippen molar-refractivity contribution in [3.63, 3.8) is 0 Å². The van der Waals surface area contributed by atoms with Crippen LogP contribution in [0.15, 0.2) is 0 Å². The molecule has 0 amide bonds. The third-order valence-electron chi connectivity index (χ3n) is 2.82. The summed E-state index contributed by atoms with van der Waals surface area (Å²) >= 11 is 0. The Morgan fingerprint density at radius 1 is 1.13 bits per heavy atom. The fourth-order valence-electron chi connectivity index (χ4n) is 1.77. The summed E-state index contributed by atoms with van der Waals surface area (Å²) in [6, 6.07) is 0. The number of hydrogen-bond acceptors (Lipinski definition) is 2. The van der Waals surface area contributed by atoms with Crippen LogP contribution in [-0.2, 0) is 4.79 Å². The summed E-state index contributed by atoms with van der Waals surface area (Å²) in [4.78, 5) is 10.7. The van der Waals surface area contributed by atoms with E-state index >= 15 is 0 Å². The molecular weight excluding hydrogens is 192 g/mol. The molecule has 0 aromatic carbocycles. The van der Waals surface area contributed by atoms with Crippen molar-refractivity contribution in [3.05, 3.63) is 0 Å². The van der Waals surface area contributed by atoms with Crippen LogP contribution in [0.25, 0.3) is 0 Å². The Hall–Kier alpha value is -0.570. The standard InChI is InChI=1S/C12H24O3/c1-3-5-6-7-8-9-11(13)10(4-2)12(14)15/h10-11,13H,3-9H2,1-2H3,(H,14,15). The van der Waals surface area contributed by atoms with Crippen LogP contribution < -0.4 is 0 Å². The zero-order valence-corrected chi connectivity index (χ0v) is 9.91. The molecule has 0 saturated carbocycles. The number of aliphatic carboxylic acids is 1. The Bertz CT molecular complexity index is 168. The highest BCUT2D eigenvalue weighted by Crippen LogP contribution is 2.16. The average Bonchev–Trinajstić information content (AvgIpc) is 2.18. The Labute approximate surface area is 92.5 Å². The smallest absolute Gasteiger partial charge is 0.309 e. The van der Waals surface area contributed by atoms with Crippen LogP contribution in [0.2, 0.25) is 0 Å². The van der Waals surface area contributed by atoms with Gasteiger partial charge in [0.05, 0.1) is 12.0 Å². The van der Waals surface area contributed by atoms with E-state index in [4.69, 9.17) is 5.11 Å². The van der Waals surface area contributed by atoms with Gasteiger partial charge < -0.3 is 10.2 Å². The molecule has 0 spiro atoms. The van der Waals surface area contributed by atoms with Gasteiger partial charge >= 0.3 is 5.97 Å². The highest BCUT2D eigenvalue weighted by Gasteiger charge is 2.23. The molecule has 0 fully saturated rings. The fraction of sp³-hybridized carbons (Fsp3) is 0.917. The molecule has 2 atom stereocenters. The quantitative estimate of drug-likeness (QED) is 0.583. The Kier molecular flexibility index (Phi) is 8.38. The zero-order valence-electron chi connectivity index (χ0n) is 9.91. The first kappa shape index (κ1) is 14.4. The molecule has 0 aliphatic carbocycles. The van der Waals surface area contributed by atoms with Crippen molar-refractivity contribution in [3.8, 4) is 0 Å². The van der Waals surface area contributed by atoms with Crippen LogP contribution in [0.3, 0.4) is 0 Å². The van der Waals surface area contributed by atoms with E-state index in [1.807, 2.05) is 0 Å². The predicted molar refractivity (Wildman–Crippen MR) is 60.8 cm³/mol. The van der Waals surface area contributed by atoms with E-state index in [0.717, 1.165) is 12.8 Å². The predicted octanol–water partition coefficient (Wildman–Crippen LogP) is 2.82. The van der Waals surface area contributed by atoms with Crippen molar-refractivity contribution in [2.45, 2.75) is 64.9 Å². The van der Waals surface area contributed by atoms with Crippen molar-refractivity contribution in [2.75, 3.05) is 0 Å². The van der Waals surface area contributed by atoms with Crippen LogP contribution >= 0.6 is 0 Å². The maximum atomic E-state index is 10.7. The molecule has 3 heteroatoms. The molecule has 0 aromatic rings. The van der Waals surface area contributed by atoms with Crippen LogP contribution in [0, 0.1) is 5.92 Å². The van der Waals surface area contributed by atoms with Gasteiger partial charge in [0.2, 0.25) is 0 Å². The molecule has 15 heavy (non-hydrogen) atoms. The first-order valence-corrected chi connectivity index (χ1v) is 6.04. The van der Waals surface area contributed by atoms with Gasteiger partial charge in [-0.25, -0.2) is 0 Å². The van der Waals surface area contributed by atoms with E-state index in [1.165, 1.54) is 19.3 Å². The second-order valence-corrected chi connectivity index (χ2v) is 4.12. The molecule has 3 nitrogen and oxygen atoms in total. The summed E-state index contributed by atoms with van der Waals surface area (Å²) in [5.74, 6) is -1.46. The normalized spacial score (nSPS) is 14.9. The average molecular weight is 216 g/mol. The SMILES string of the molecule is CCCCCCCC(O)C(CC)C(=O)O. The lowest BCUT2D eigenvalue weighted by Gasteiger charge is -2.17. The molecule has 2 N–H and O–H groups in total. The van der Waals surface area contributed by atoms with Crippen molar-refractivity contribution in [1.29, 1.82) is 0 Å². The Morgan fingerprint density at radius 2 is 1.73 bits per heavy atom. The lowest BCUT2D eigenvalue weighted by Crippen LogP contribution is -2.27. The molecule has 0 heterocycles. The van der Waals surface area contributed by atoms with Gasteiger partial charge in [-0.1, -0.05) is 46.0 Å². The third kappa shape index (κ3) is 6.50. The van der Waals surface area contributed by atoms with Gasteiger partial charge in [0.15, 0.2) is 0 Å². The highest BCUT2D eigenvalue weighted by atomic mass is 16.4. The maximum Gasteiger partial charge on any atom is 0.309 e. The minimum Gasteiger partial charge on any atom is -0.481 e. The lowest BCUT2D eigenvalue weighted by molar-refractivity contribution is -0.146. The molecule has 0 aliphatic heterocycles. The molecule has 0 saturated heterocycles. The van der Waals surface area contributed by atoms with Crippen LogP contribution in [0.5, 0.6) is 0 Å². The van der Waals surface area contributed by atoms with E-state index in [1.54, 1.807) is 6.92 Å². The largest absolute Gasteiger partial charge is 0.481 e. The number of carboxylic acids is 1. The summed E-state index contributed by atoms with van der Waals surface area (Å²) in [5, 5.41) is 18.5. The maximum absolute atomic E-state index is 10.7.